The van der Waals surface area contributed by atoms with E-state index in [-0.39, 0.29) is 11.4 Å². The van der Waals surface area contributed by atoms with E-state index in [1.54, 1.807) is 0 Å². The third-order valence-corrected chi connectivity index (χ3v) is 6.57. The summed E-state index contributed by atoms with van der Waals surface area (Å²) in [6, 6.07) is 0. The predicted molar refractivity (Wildman–Crippen MR) is 111 cm³/mol. The molecular weight excluding hydrogens is 352 g/mol. The molecule has 1 aromatic heterocycles. The summed E-state index contributed by atoms with van der Waals surface area (Å²) in [4.78, 5) is 19.5. The molecule has 28 heavy (non-hydrogen) atoms. The first-order chi connectivity index (χ1) is 13.5. The average Bonchev–Trinajstić information content (AvgIpc) is 3.38. The number of carbonyl (C=O) groups is 1. The van der Waals surface area contributed by atoms with Crippen molar-refractivity contribution in [3.8, 4) is 0 Å². The Hall–Kier alpha value is -1.69. The third kappa shape index (κ3) is 5.90. The zero-order chi connectivity index (χ0) is 20.0. The quantitative estimate of drug-likeness (QED) is 0.761. The molecule has 0 bridgehead atoms. The molecule has 0 aromatic carbocycles. The van der Waals surface area contributed by atoms with Gasteiger partial charge in [0.1, 0.15) is 0 Å². The van der Waals surface area contributed by atoms with E-state index in [4.69, 9.17) is 16.2 Å². The van der Waals surface area contributed by atoms with Gasteiger partial charge in [0.15, 0.2) is 0 Å². The molecule has 0 spiro atoms. The summed E-state index contributed by atoms with van der Waals surface area (Å²) in [6.07, 6.45) is 19.0. The Labute approximate surface area is 168 Å². The number of nitrogens with two attached hydrogens (primary N) is 2. The number of nitrogens with zero attached hydrogens (tertiary/aromatic N) is 2. The fraction of sp³-hybridized carbons (Fsp3) is 0.773. The standard InChI is InChI=1S/C13H20N4O.C9H16O/c1-2-13(5-3-4-6-13)7-10-9(11(14)18)8-16-12(15)17-10;1-2-4-8(5-3-1)10-9-6-7-9/h8H,2-7H2,1H3,(H2,14,18)(H2,15,16,17);8-9H,1-7H2. The van der Waals surface area contributed by atoms with Gasteiger partial charge in [0.2, 0.25) is 5.95 Å². The lowest BCUT2D eigenvalue weighted by atomic mass is 9.78. The molecule has 4 N–H and O–H groups in total. The van der Waals surface area contributed by atoms with E-state index in [9.17, 15) is 4.79 Å². The van der Waals surface area contributed by atoms with Gasteiger partial charge in [-0.05, 0) is 50.4 Å². The number of primary amides is 1. The first-order valence-corrected chi connectivity index (χ1v) is 11.1. The molecule has 3 aliphatic rings. The van der Waals surface area contributed by atoms with E-state index in [1.807, 2.05) is 0 Å². The van der Waals surface area contributed by atoms with Crippen LogP contribution >= 0.6 is 0 Å². The molecule has 0 saturated heterocycles. The molecular formula is C22H36N4O2. The summed E-state index contributed by atoms with van der Waals surface area (Å²) >= 11 is 0. The zero-order valence-corrected chi connectivity index (χ0v) is 17.3. The van der Waals surface area contributed by atoms with Gasteiger partial charge >= 0.3 is 0 Å². The van der Waals surface area contributed by atoms with Crippen molar-refractivity contribution < 1.29 is 9.53 Å². The van der Waals surface area contributed by atoms with Crippen LogP contribution in [0, 0.1) is 5.41 Å². The lowest BCUT2D eigenvalue weighted by Crippen LogP contribution is -2.24. The van der Waals surface area contributed by atoms with Crippen molar-refractivity contribution in [2.75, 3.05) is 5.73 Å². The molecule has 6 heteroatoms. The zero-order valence-electron chi connectivity index (χ0n) is 17.3. The van der Waals surface area contributed by atoms with Crippen molar-refractivity contribution in [1.29, 1.82) is 0 Å². The fourth-order valence-corrected chi connectivity index (χ4v) is 4.59. The molecule has 0 atom stereocenters. The van der Waals surface area contributed by atoms with Crippen LogP contribution in [0.25, 0.3) is 0 Å². The van der Waals surface area contributed by atoms with Gasteiger partial charge in [0.05, 0.1) is 23.5 Å². The van der Waals surface area contributed by atoms with Gasteiger partial charge in [-0.3, -0.25) is 4.79 Å². The van der Waals surface area contributed by atoms with E-state index < -0.39 is 5.91 Å². The Morgan fingerprint density at radius 3 is 2.32 bits per heavy atom. The van der Waals surface area contributed by atoms with Crippen molar-refractivity contribution in [2.45, 2.75) is 103 Å². The number of amides is 1. The highest BCUT2D eigenvalue weighted by molar-refractivity contribution is 5.93. The van der Waals surface area contributed by atoms with Crippen LogP contribution in [0.4, 0.5) is 5.95 Å². The minimum absolute atomic E-state index is 0.208. The van der Waals surface area contributed by atoms with Gasteiger partial charge in [-0.2, -0.15) is 0 Å². The number of ether oxygens (including phenoxy) is 1. The Bertz CT molecular complexity index is 648. The molecule has 156 valence electrons. The van der Waals surface area contributed by atoms with E-state index in [0.717, 1.165) is 12.8 Å². The second-order valence-corrected chi connectivity index (χ2v) is 8.79. The highest BCUT2D eigenvalue weighted by Crippen LogP contribution is 2.43. The van der Waals surface area contributed by atoms with Crippen LogP contribution in [-0.2, 0) is 11.2 Å². The summed E-state index contributed by atoms with van der Waals surface area (Å²) in [6.45, 7) is 2.19. The summed E-state index contributed by atoms with van der Waals surface area (Å²) in [7, 11) is 0. The highest BCUT2D eigenvalue weighted by atomic mass is 16.5. The normalized spacial score (nSPS) is 21.8. The minimum atomic E-state index is -0.478. The van der Waals surface area contributed by atoms with Gasteiger partial charge in [-0.1, -0.05) is 45.4 Å². The Morgan fingerprint density at radius 2 is 1.75 bits per heavy atom. The number of carbonyl (C=O) groups excluding carboxylic acids is 1. The maximum atomic E-state index is 11.4. The van der Waals surface area contributed by atoms with E-state index in [2.05, 4.69) is 16.9 Å². The lowest BCUT2D eigenvalue weighted by Gasteiger charge is -2.27. The van der Waals surface area contributed by atoms with Crippen molar-refractivity contribution >= 4 is 11.9 Å². The maximum absolute atomic E-state index is 11.4. The lowest BCUT2D eigenvalue weighted by molar-refractivity contribution is 0.0165. The van der Waals surface area contributed by atoms with Crippen molar-refractivity contribution in [2.24, 2.45) is 11.1 Å². The summed E-state index contributed by atoms with van der Waals surface area (Å²) in [5.74, 6) is -0.270. The first-order valence-electron chi connectivity index (χ1n) is 11.1. The second-order valence-electron chi connectivity index (χ2n) is 8.79. The van der Waals surface area contributed by atoms with Gasteiger partial charge in [-0.25, -0.2) is 9.97 Å². The molecule has 0 radical (unpaired) electrons. The number of hydrogen-bond donors (Lipinski definition) is 2. The van der Waals surface area contributed by atoms with Crippen molar-refractivity contribution in [1.82, 2.24) is 9.97 Å². The van der Waals surface area contributed by atoms with E-state index in [1.165, 1.54) is 76.8 Å². The second kappa shape index (κ2) is 9.68. The highest BCUT2D eigenvalue weighted by Gasteiger charge is 2.33. The number of aromatic nitrogens is 2. The SMILES string of the molecule is C1CCC(OC2CC2)CC1.CCC1(Cc2nc(N)ncc2C(N)=O)CCCC1. The van der Waals surface area contributed by atoms with Crippen LogP contribution in [0.2, 0.25) is 0 Å². The molecule has 0 unspecified atom stereocenters. The Morgan fingerprint density at radius 1 is 1.11 bits per heavy atom. The topological polar surface area (TPSA) is 104 Å². The summed E-state index contributed by atoms with van der Waals surface area (Å²) in [5, 5.41) is 0. The van der Waals surface area contributed by atoms with E-state index >= 15 is 0 Å². The van der Waals surface area contributed by atoms with Crippen LogP contribution in [-0.4, -0.2) is 28.1 Å². The molecule has 1 amide bonds. The number of nitrogen functional groups attached to an aromatic ring is 1. The molecule has 1 heterocycles. The summed E-state index contributed by atoms with van der Waals surface area (Å²) < 4.78 is 5.80. The Balaban J connectivity index is 0.000000188. The number of anilines is 1. The third-order valence-electron chi connectivity index (χ3n) is 6.57. The van der Waals surface area contributed by atoms with Crippen LogP contribution in [0.3, 0.4) is 0 Å². The van der Waals surface area contributed by atoms with Gasteiger partial charge in [-0.15, -0.1) is 0 Å². The first kappa shape index (κ1) is 21.0. The van der Waals surface area contributed by atoms with Gasteiger partial charge in [0.25, 0.3) is 5.91 Å². The Kier molecular flexibility index (Phi) is 7.27. The number of rotatable bonds is 6. The van der Waals surface area contributed by atoms with Gasteiger partial charge < -0.3 is 16.2 Å². The average molecular weight is 389 g/mol. The van der Waals surface area contributed by atoms with Crippen molar-refractivity contribution in [3.05, 3.63) is 17.5 Å². The van der Waals surface area contributed by atoms with E-state index in [0.29, 0.717) is 23.5 Å². The predicted octanol–water partition coefficient (Wildman–Crippen LogP) is 4.17. The molecule has 6 nitrogen and oxygen atoms in total. The van der Waals surface area contributed by atoms with Crippen LogP contribution in [0.15, 0.2) is 6.20 Å². The molecule has 3 fully saturated rings. The fourth-order valence-electron chi connectivity index (χ4n) is 4.59. The largest absolute Gasteiger partial charge is 0.375 e. The molecule has 3 saturated carbocycles. The molecule has 3 aliphatic carbocycles. The van der Waals surface area contributed by atoms with Crippen LogP contribution in [0.5, 0.6) is 0 Å². The maximum Gasteiger partial charge on any atom is 0.252 e. The molecule has 4 rings (SSSR count). The molecule has 1 aromatic rings. The van der Waals surface area contributed by atoms with Crippen LogP contribution < -0.4 is 11.5 Å². The van der Waals surface area contributed by atoms with Crippen molar-refractivity contribution in [3.63, 3.8) is 0 Å². The smallest absolute Gasteiger partial charge is 0.252 e. The summed E-state index contributed by atoms with van der Waals surface area (Å²) in [5.41, 5.74) is 12.3. The monoisotopic (exact) mass is 388 g/mol. The van der Waals surface area contributed by atoms with Gasteiger partial charge in [0, 0.05) is 6.20 Å². The number of hydrogen-bond acceptors (Lipinski definition) is 5. The minimum Gasteiger partial charge on any atom is -0.375 e. The van der Waals surface area contributed by atoms with Crippen LogP contribution in [0.1, 0.15) is 100 Å². The molecule has 0 aliphatic heterocycles.